The molecule has 0 aliphatic heterocycles. The molecule has 0 spiro atoms. The van der Waals surface area contributed by atoms with Crippen molar-refractivity contribution in [1.82, 2.24) is 5.32 Å². The minimum atomic E-state index is 0.840. The Hall–Kier alpha value is -1.34. The number of nitrogens with one attached hydrogen (secondary N) is 1. The lowest BCUT2D eigenvalue weighted by Crippen LogP contribution is -2.22. The molecule has 1 heteroatoms. The van der Waals surface area contributed by atoms with E-state index >= 15 is 0 Å². The molecule has 2 bridgehead atoms. The van der Waals surface area contributed by atoms with Crippen molar-refractivity contribution >= 4 is 10.8 Å². The van der Waals surface area contributed by atoms with Gasteiger partial charge in [0.1, 0.15) is 0 Å². The largest absolute Gasteiger partial charge is 0.309 e. The molecular formula is C19H21N. The highest BCUT2D eigenvalue weighted by Gasteiger charge is 2.64. The first kappa shape index (κ1) is 11.3. The molecule has 1 nitrogen and oxygen atoms in total. The summed E-state index contributed by atoms with van der Waals surface area (Å²) in [6.45, 7) is 1.04. The first-order chi connectivity index (χ1) is 9.90. The van der Waals surface area contributed by atoms with Crippen molar-refractivity contribution in [3.05, 3.63) is 48.0 Å². The molecular weight excluding hydrogens is 242 g/mol. The van der Waals surface area contributed by atoms with Gasteiger partial charge in [-0.3, -0.25) is 0 Å². The van der Waals surface area contributed by atoms with Gasteiger partial charge in [-0.25, -0.2) is 0 Å². The first-order valence-corrected chi connectivity index (χ1v) is 8.11. The summed E-state index contributed by atoms with van der Waals surface area (Å²) in [5, 5.41) is 6.55. The molecule has 5 rings (SSSR count). The van der Waals surface area contributed by atoms with Crippen molar-refractivity contribution in [3.8, 4) is 0 Å². The summed E-state index contributed by atoms with van der Waals surface area (Å²) in [5.41, 5.74) is 1.43. The van der Waals surface area contributed by atoms with Gasteiger partial charge in [-0.2, -0.15) is 0 Å². The van der Waals surface area contributed by atoms with Gasteiger partial charge in [0.15, 0.2) is 0 Å². The van der Waals surface area contributed by atoms with E-state index in [0.29, 0.717) is 0 Å². The van der Waals surface area contributed by atoms with Gasteiger partial charge in [0.25, 0.3) is 0 Å². The zero-order valence-corrected chi connectivity index (χ0v) is 11.8. The van der Waals surface area contributed by atoms with Crippen LogP contribution in [0.3, 0.4) is 0 Å². The van der Waals surface area contributed by atoms with E-state index in [1.807, 2.05) is 0 Å². The maximum absolute atomic E-state index is 3.84. The molecule has 2 aromatic rings. The molecule has 3 saturated carbocycles. The molecule has 0 aromatic heterocycles. The molecule has 3 aliphatic carbocycles. The zero-order valence-electron chi connectivity index (χ0n) is 11.8. The summed E-state index contributed by atoms with van der Waals surface area (Å²) in [6, 6.07) is 16.4. The zero-order chi connectivity index (χ0) is 13.1. The third-order valence-electron chi connectivity index (χ3n) is 6.09. The predicted octanol–water partition coefficient (Wildman–Crippen LogP) is 3.97. The fraction of sp³-hybridized carbons (Fsp3) is 0.474. The van der Waals surface area contributed by atoms with Crippen LogP contribution in [0.4, 0.5) is 0 Å². The number of fused-ring (bicyclic) bond motifs is 6. The Kier molecular flexibility index (Phi) is 2.31. The molecule has 3 aliphatic rings. The second-order valence-corrected chi connectivity index (χ2v) is 7.08. The predicted molar refractivity (Wildman–Crippen MR) is 82.4 cm³/mol. The summed E-state index contributed by atoms with van der Waals surface area (Å²) >= 11 is 0. The van der Waals surface area contributed by atoms with Gasteiger partial charge in [0, 0.05) is 12.6 Å². The Balaban J connectivity index is 1.30. The van der Waals surface area contributed by atoms with E-state index in [4.69, 9.17) is 0 Å². The Bertz CT molecular complexity index is 646. The van der Waals surface area contributed by atoms with Crippen LogP contribution in [0.2, 0.25) is 0 Å². The molecule has 3 fully saturated rings. The molecule has 1 N–H and O–H groups in total. The number of hydrogen-bond donors (Lipinski definition) is 1. The van der Waals surface area contributed by atoms with Crippen molar-refractivity contribution in [2.75, 3.05) is 0 Å². The fourth-order valence-corrected chi connectivity index (χ4v) is 5.18. The standard InChI is InChI=1S/C19H21N/c1-2-4-14-9-12(5-6-13(14)3-1)11-20-19-17-15-7-8-16(10-15)18(17)19/h1-6,9,15-20H,7-8,10-11H2. The highest BCUT2D eigenvalue weighted by Crippen LogP contribution is 2.65. The Morgan fingerprint density at radius 2 is 1.65 bits per heavy atom. The Morgan fingerprint density at radius 3 is 2.45 bits per heavy atom. The van der Waals surface area contributed by atoms with Gasteiger partial charge in [-0.1, -0.05) is 36.4 Å². The molecule has 0 saturated heterocycles. The minimum absolute atomic E-state index is 0.840. The molecule has 4 atom stereocenters. The van der Waals surface area contributed by atoms with E-state index in [0.717, 1.165) is 36.3 Å². The SMILES string of the molecule is c1ccc2cc(CNC3C4C5CCC(C5)C34)ccc2c1. The molecule has 0 heterocycles. The Morgan fingerprint density at radius 1 is 0.900 bits per heavy atom. The molecule has 0 amide bonds. The van der Waals surface area contributed by atoms with Crippen LogP contribution in [0.5, 0.6) is 0 Å². The first-order valence-electron chi connectivity index (χ1n) is 8.11. The molecule has 2 aromatic carbocycles. The van der Waals surface area contributed by atoms with Crippen molar-refractivity contribution in [1.29, 1.82) is 0 Å². The summed E-state index contributed by atoms with van der Waals surface area (Å²) < 4.78 is 0. The van der Waals surface area contributed by atoms with E-state index in [1.165, 1.54) is 29.2 Å². The van der Waals surface area contributed by atoms with Gasteiger partial charge in [-0.15, -0.1) is 0 Å². The van der Waals surface area contributed by atoms with Crippen LogP contribution in [0.15, 0.2) is 42.5 Å². The van der Waals surface area contributed by atoms with Crippen LogP contribution in [0, 0.1) is 23.7 Å². The summed E-state index contributed by atoms with van der Waals surface area (Å²) in [6.07, 6.45) is 4.57. The molecule has 0 radical (unpaired) electrons. The van der Waals surface area contributed by atoms with Crippen LogP contribution < -0.4 is 5.32 Å². The second-order valence-electron chi connectivity index (χ2n) is 7.08. The van der Waals surface area contributed by atoms with E-state index < -0.39 is 0 Å². The lowest BCUT2D eigenvalue weighted by Gasteiger charge is -2.11. The van der Waals surface area contributed by atoms with Crippen molar-refractivity contribution < 1.29 is 0 Å². The van der Waals surface area contributed by atoms with Gasteiger partial charge in [0.05, 0.1) is 0 Å². The minimum Gasteiger partial charge on any atom is -0.309 e. The highest BCUT2D eigenvalue weighted by atomic mass is 15.0. The molecule has 4 unspecified atom stereocenters. The lowest BCUT2D eigenvalue weighted by molar-refractivity contribution is 0.456. The third-order valence-corrected chi connectivity index (χ3v) is 6.09. The quantitative estimate of drug-likeness (QED) is 0.883. The Labute approximate surface area is 120 Å². The monoisotopic (exact) mass is 263 g/mol. The van der Waals surface area contributed by atoms with Gasteiger partial charge in [-0.05, 0) is 65.3 Å². The summed E-state index contributed by atoms with van der Waals surface area (Å²) in [7, 11) is 0. The van der Waals surface area contributed by atoms with E-state index in [9.17, 15) is 0 Å². The topological polar surface area (TPSA) is 12.0 Å². The van der Waals surface area contributed by atoms with Crippen molar-refractivity contribution in [3.63, 3.8) is 0 Å². The van der Waals surface area contributed by atoms with Crippen LogP contribution in [0.1, 0.15) is 24.8 Å². The van der Waals surface area contributed by atoms with Gasteiger partial charge < -0.3 is 5.32 Å². The van der Waals surface area contributed by atoms with Gasteiger partial charge in [0.2, 0.25) is 0 Å². The molecule has 20 heavy (non-hydrogen) atoms. The number of hydrogen-bond acceptors (Lipinski definition) is 1. The average Bonchev–Trinajstić information content (AvgIpc) is 2.88. The number of benzene rings is 2. The highest BCUT2D eigenvalue weighted by molar-refractivity contribution is 5.82. The van der Waals surface area contributed by atoms with E-state index in [1.54, 1.807) is 6.42 Å². The summed E-state index contributed by atoms with van der Waals surface area (Å²) in [5.74, 6) is 4.21. The lowest BCUT2D eigenvalue weighted by atomic mass is 10.0. The fourth-order valence-electron chi connectivity index (χ4n) is 5.18. The molecule has 102 valence electrons. The van der Waals surface area contributed by atoms with Crippen molar-refractivity contribution in [2.45, 2.75) is 31.8 Å². The van der Waals surface area contributed by atoms with Crippen LogP contribution >= 0.6 is 0 Å². The maximum atomic E-state index is 3.84. The van der Waals surface area contributed by atoms with E-state index in [-0.39, 0.29) is 0 Å². The smallest absolute Gasteiger partial charge is 0.0208 e. The van der Waals surface area contributed by atoms with Crippen LogP contribution in [-0.2, 0) is 6.54 Å². The van der Waals surface area contributed by atoms with Gasteiger partial charge >= 0.3 is 0 Å². The van der Waals surface area contributed by atoms with Crippen LogP contribution in [-0.4, -0.2) is 6.04 Å². The summed E-state index contributed by atoms with van der Waals surface area (Å²) in [4.78, 5) is 0. The normalized spacial score (nSPS) is 37.3. The van der Waals surface area contributed by atoms with E-state index in [2.05, 4.69) is 47.8 Å². The van der Waals surface area contributed by atoms with Crippen molar-refractivity contribution in [2.24, 2.45) is 23.7 Å². The van der Waals surface area contributed by atoms with Crippen LogP contribution in [0.25, 0.3) is 10.8 Å². The average molecular weight is 263 g/mol. The number of rotatable bonds is 3. The maximum Gasteiger partial charge on any atom is 0.0208 e. The third kappa shape index (κ3) is 1.59. The second kappa shape index (κ2) is 4.08.